The van der Waals surface area contributed by atoms with Gasteiger partial charge in [-0.2, -0.15) is 0 Å². The van der Waals surface area contributed by atoms with Crippen LogP contribution >= 0.6 is 22.4 Å². The molecule has 0 heterocycles. The molecule has 0 aromatic rings. The van der Waals surface area contributed by atoms with Gasteiger partial charge in [-0.1, -0.05) is 22.4 Å². The molecule has 0 aromatic heterocycles. The van der Waals surface area contributed by atoms with Crippen LogP contribution in [0.2, 0.25) is 0 Å². The van der Waals surface area contributed by atoms with Gasteiger partial charge in [0.25, 0.3) is 0 Å². The molecule has 0 rings (SSSR count). The Kier molecular flexibility index (Phi) is 3.30. The van der Waals surface area contributed by atoms with E-state index in [1.165, 1.54) is 29.5 Å². The van der Waals surface area contributed by atoms with Gasteiger partial charge in [0.15, 0.2) is 0 Å². The summed E-state index contributed by atoms with van der Waals surface area (Å²) in [5, 5.41) is -1.15. The predicted molar refractivity (Wildman–Crippen MR) is 27.9 cm³/mol. The second-order valence-corrected chi connectivity index (χ2v) is 1.48. The molecule has 0 atom stereocenters. The van der Waals surface area contributed by atoms with E-state index in [1.807, 2.05) is 0 Å². The lowest BCUT2D eigenvalue weighted by Gasteiger charge is -1.81. The van der Waals surface area contributed by atoms with Crippen molar-refractivity contribution in [2.75, 3.05) is 7.11 Å². The highest BCUT2D eigenvalue weighted by molar-refractivity contribution is 14.1. The van der Waals surface area contributed by atoms with Crippen LogP contribution < -0.4 is 0 Å². The van der Waals surface area contributed by atoms with Crippen molar-refractivity contribution in [3.05, 3.63) is 0 Å². The summed E-state index contributed by atoms with van der Waals surface area (Å²) in [5.41, 5.74) is 0. The third-order valence-corrected chi connectivity index (χ3v) is 0.687. The first-order valence-electron chi connectivity index (χ1n) is 1.08. The summed E-state index contributed by atoms with van der Waals surface area (Å²) < 4.78 is 15.3. The first kappa shape index (κ1) is 5.68. The molecule has 0 saturated heterocycles. The third kappa shape index (κ3) is 4.68. The Balaban J connectivity index is 2.54. The minimum Gasteiger partial charge on any atom is -0.402 e. The van der Waals surface area contributed by atoms with Gasteiger partial charge in [-0.15, -0.1) is 0 Å². The summed E-state index contributed by atoms with van der Waals surface area (Å²) >= 11 is 1.52. The lowest BCUT2D eigenvalue weighted by Crippen LogP contribution is -1.93. The van der Waals surface area contributed by atoms with E-state index in [0.29, 0.717) is 0 Å². The van der Waals surface area contributed by atoms with Gasteiger partial charge in [-0.05, 0) is 0 Å². The SMILES string of the molecule is COB(F)I. The smallest absolute Gasteiger partial charge is 0.402 e. The second-order valence-electron chi connectivity index (χ2n) is 0.496. The van der Waals surface area contributed by atoms with Gasteiger partial charge in [-0.3, -0.25) is 4.32 Å². The molecule has 0 aromatic carbocycles. The molecule has 1 nitrogen and oxygen atoms in total. The first-order chi connectivity index (χ1) is 2.27. The van der Waals surface area contributed by atoms with Crippen LogP contribution in [-0.2, 0) is 4.65 Å². The fourth-order valence-corrected chi connectivity index (χ4v) is 0. The van der Waals surface area contributed by atoms with Gasteiger partial charge in [0.2, 0.25) is 0 Å². The zero-order valence-corrected chi connectivity index (χ0v) is 4.90. The normalized spacial score (nSPS) is 7.80. The van der Waals surface area contributed by atoms with Gasteiger partial charge in [0, 0.05) is 7.11 Å². The highest BCUT2D eigenvalue weighted by Gasteiger charge is 2.01. The Bertz CT molecular complexity index is 25.6. The quantitative estimate of drug-likeness (QED) is 0.440. The van der Waals surface area contributed by atoms with E-state index < -0.39 is 5.05 Å². The van der Waals surface area contributed by atoms with Crippen LogP contribution in [0, 0.1) is 0 Å². The molecule has 0 unspecified atom stereocenters. The molecule has 0 aliphatic heterocycles. The molecular weight excluding hydrogens is 185 g/mol. The summed E-state index contributed by atoms with van der Waals surface area (Å²) in [6.45, 7) is 0. The lowest BCUT2D eigenvalue weighted by atomic mass is 10.5. The standard InChI is InChI=1S/CH3BFIO/c1-5-2(3)4/h1H3. The van der Waals surface area contributed by atoms with Crippen molar-refractivity contribution in [1.82, 2.24) is 0 Å². The number of hydrogen-bond acceptors (Lipinski definition) is 1. The van der Waals surface area contributed by atoms with E-state index >= 15 is 0 Å². The average Bonchev–Trinajstić information content (AvgIpc) is 1.38. The Morgan fingerprint density at radius 1 is 2.00 bits per heavy atom. The molecule has 0 aliphatic rings. The molecule has 0 radical (unpaired) electrons. The van der Waals surface area contributed by atoms with E-state index in [4.69, 9.17) is 0 Å². The zero-order chi connectivity index (χ0) is 4.28. The fourth-order valence-electron chi connectivity index (χ4n) is 0. The summed E-state index contributed by atoms with van der Waals surface area (Å²) in [5.74, 6) is 0. The van der Waals surface area contributed by atoms with E-state index in [-0.39, 0.29) is 0 Å². The molecular formula is CH3BFIO. The first-order valence-corrected chi connectivity index (χ1v) is 2.33. The topological polar surface area (TPSA) is 9.23 Å². The van der Waals surface area contributed by atoms with Crippen molar-refractivity contribution in [1.29, 1.82) is 0 Å². The maximum absolute atomic E-state index is 11.2. The number of halogens is 2. The zero-order valence-electron chi connectivity index (χ0n) is 2.74. The summed E-state index contributed by atoms with van der Waals surface area (Å²) in [4.78, 5) is 0. The van der Waals surface area contributed by atoms with Crippen LogP contribution in [0.25, 0.3) is 0 Å². The van der Waals surface area contributed by atoms with Crippen molar-refractivity contribution in [2.45, 2.75) is 0 Å². The van der Waals surface area contributed by atoms with Crippen LogP contribution in [0.3, 0.4) is 0 Å². The molecule has 30 valence electrons. The van der Waals surface area contributed by atoms with E-state index in [1.54, 1.807) is 0 Å². The minimum atomic E-state index is -1.15. The van der Waals surface area contributed by atoms with Crippen molar-refractivity contribution >= 4 is 27.4 Å². The Morgan fingerprint density at radius 3 is 2.20 bits per heavy atom. The Hall–Kier alpha value is 0.685. The maximum Gasteiger partial charge on any atom is 0.570 e. The average molecular weight is 188 g/mol. The predicted octanol–water partition coefficient (Wildman–Crippen LogP) is 1.02. The highest BCUT2D eigenvalue weighted by Crippen LogP contribution is 1.92. The number of hydrogen-bond donors (Lipinski definition) is 0. The molecule has 4 heteroatoms. The van der Waals surface area contributed by atoms with Crippen LogP contribution in [0.1, 0.15) is 0 Å². The van der Waals surface area contributed by atoms with Gasteiger partial charge in [-0.25, -0.2) is 0 Å². The maximum atomic E-state index is 11.2. The van der Waals surface area contributed by atoms with E-state index in [2.05, 4.69) is 4.65 Å². The number of rotatable bonds is 1. The van der Waals surface area contributed by atoms with E-state index in [0.717, 1.165) is 0 Å². The minimum absolute atomic E-state index is 1.15. The molecule has 0 N–H and O–H groups in total. The monoisotopic (exact) mass is 188 g/mol. The molecule has 0 saturated carbocycles. The third-order valence-electron chi connectivity index (χ3n) is 0.178. The molecule has 5 heavy (non-hydrogen) atoms. The van der Waals surface area contributed by atoms with Crippen LogP contribution in [0.4, 0.5) is 4.32 Å². The molecule has 0 fully saturated rings. The summed E-state index contributed by atoms with van der Waals surface area (Å²) in [6, 6.07) is 0. The molecule has 0 aliphatic carbocycles. The Labute approximate surface area is 43.9 Å². The van der Waals surface area contributed by atoms with Crippen molar-refractivity contribution in [3.63, 3.8) is 0 Å². The Morgan fingerprint density at radius 2 is 2.20 bits per heavy atom. The molecule has 0 amide bonds. The van der Waals surface area contributed by atoms with Crippen molar-refractivity contribution in [2.24, 2.45) is 0 Å². The fraction of sp³-hybridized carbons (Fsp3) is 1.00. The van der Waals surface area contributed by atoms with Crippen molar-refractivity contribution in [3.8, 4) is 0 Å². The summed E-state index contributed by atoms with van der Waals surface area (Å²) in [7, 11) is 1.32. The summed E-state index contributed by atoms with van der Waals surface area (Å²) in [6.07, 6.45) is 0. The van der Waals surface area contributed by atoms with Crippen LogP contribution in [0.15, 0.2) is 0 Å². The van der Waals surface area contributed by atoms with Gasteiger partial charge in [0.1, 0.15) is 0 Å². The van der Waals surface area contributed by atoms with E-state index in [9.17, 15) is 4.32 Å². The highest BCUT2D eigenvalue weighted by atomic mass is 127. The molecule has 0 bridgehead atoms. The second kappa shape index (κ2) is 2.90. The van der Waals surface area contributed by atoms with Crippen LogP contribution in [-0.4, -0.2) is 12.2 Å². The van der Waals surface area contributed by atoms with Gasteiger partial charge < -0.3 is 4.65 Å². The molecule has 0 spiro atoms. The van der Waals surface area contributed by atoms with Crippen LogP contribution in [0.5, 0.6) is 0 Å². The van der Waals surface area contributed by atoms with Crippen molar-refractivity contribution < 1.29 is 8.97 Å². The van der Waals surface area contributed by atoms with Gasteiger partial charge in [0.05, 0.1) is 0 Å². The lowest BCUT2D eigenvalue weighted by molar-refractivity contribution is 0.402. The van der Waals surface area contributed by atoms with Gasteiger partial charge >= 0.3 is 5.05 Å². The largest absolute Gasteiger partial charge is 0.570 e.